The molecule has 0 saturated heterocycles. The molecule has 0 atom stereocenters. The van der Waals surface area contributed by atoms with Gasteiger partial charge in [-0.15, -0.1) is 0 Å². The molecule has 1 heterocycles. The third-order valence-electron chi connectivity index (χ3n) is 4.20. The van der Waals surface area contributed by atoms with Crippen LogP contribution in [-0.2, 0) is 13.0 Å². The summed E-state index contributed by atoms with van der Waals surface area (Å²) in [6, 6.07) is 11.6. The minimum Gasteiger partial charge on any atom is -0.275 e. The van der Waals surface area contributed by atoms with Crippen molar-refractivity contribution in [1.82, 2.24) is 4.57 Å². The molecule has 3 nitrogen and oxygen atoms in total. The summed E-state index contributed by atoms with van der Waals surface area (Å²) in [5, 5.41) is 3.24. The van der Waals surface area contributed by atoms with Crippen LogP contribution in [0.3, 0.4) is 0 Å². The van der Waals surface area contributed by atoms with Gasteiger partial charge in [0.1, 0.15) is 0 Å². The molecule has 3 heteroatoms. The van der Waals surface area contributed by atoms with Crippen molar-refractivity contribution in [3.8, 4) is 0 Å². The monoisotopic (exact) mass is 263 g/mol. The molecule has 0 unspecified atom stereocenters. The van der Waals surface area contributed by atoms with Crippen molar-refractivity contribution in [1.29, 1.82) is 0 Å². The van der Waals surface area contributed by atoms with Gasteiger partial charge in [0, 0.05) is 17.3 Å². The number of hydrogen-bond acceptors (Lipinski definition) is 2. The van der Waals surface area contributed by atoms with Gasteiger partial charge >= 0.3 is 0 Å². The van der Waals surface area contributed by atoms with Gasteiger partial charge in [0.15, 0.2) is 0 Å². The zero-order valence-electron chi connectivity index (χ0n) is 11.1. The van der Waals surface area contributed by atoms with Crippen molar-refractivity contribution in [3.63, 3.8) is 0 Å². The fraction of sp³-hybridized carbons (Fsp3) is 0.176. The van der Waals surface area contributed by atoms with Gasteiger partial charge in [0.2, 0.25) is 0 Å². The van der Waals surface area contributed by atoms with Crippen molar-refractivity contribution >= 4 is 21.5 Å². The van der Waals surface area contributed by atoms with E-state index in [9.17, 15) is 9.59 Å². The van der Waals surface area contributed by atoms with Crippen LogP contribution >= 0.6 is 0 Å². The van der Waals surface area contributed by atoms with E-state index < -0.39 is 0 Å². The minimum atomic E-state index is -0.182. The molecule has 1 aromatic heterocycles. The first-order valence-corrected chi connectivity index (χ1v) is 6.82. The number of benzene rings is 2. The van der Waals surface area contributed by atoms with Gasteiger partial charge in [-0.1, -0.05) is 24.3 Å². The highest BCUT2D eigenvalue weighted by molar-refractivity contribution is 6.11. The lowest BCUT2D eigenvalue weighted by Gasteiger charge is -1.99. The van der Waals surface area contributed by atoms with Crippen molar-refractivity contribution in [2.24, 2.45) is 0 Å². The number of rotatable bonds is 1. The second kappa shape index (κ2) is 3.79. The lowest BCUT2D eigenvalue weighted by molar-refractivity contribution is 0.715. The van der Waals surface area contributed by atoms with Gasteiger partial charge in [-0.25, -0.2) is 0 Å². The Hall–Kier alpha value is -2.42. The van der Waals surface area contributed by atoms with Crippen LogP contribution in [0, 0.1) is 0 Å². The standard InChI is InChI=1S/C17H13NO2/c1-2-18-16(19)12-7-3-5-10-9-11-6-4-8-13(17(18)20)15(11)14(10)12/h3-8H,2,9H2,1H3. The average molecular weight is 263 g/mol. The highest BCUT2D eigenvalue weighted by Gasteiger charge is 2.20. The van der Waals surface area contributed by atoms with Crippen LogP contribution in [0.1, 0.15) is 18.1 Å². The maximum absolute atomic E-state index is 12.6. The van der Waals surface area contributed by atoms with Crippen LogP contribution in [0.4, 0.5) is 0 Å². The molecule has 1 aliphatic carbocycles. The molecule has 0 aliphatic heterocycles. The molecule has 98 valence electrons. The predicted molar refractivity (Wildman–Crippen MR) is 80.5 cm³/mol. The minimum absolute atomic E-state index is 0.182. The third-order valence-corrected chi connectivity index (χ3v) is 4.20. The van der Waals surface area contributed by atoms with Crippen molar-refractivity contribution in [3.05, 3.63) is 68.2 Å². The van der Waals surface area contributed by atoms with Crippen molar-refractivity contribution in [2.45, 2.75) is 19.9 Å². The molecular formula is C17H13NO2. The third kappa shape index (κ3) is 1.24. The van der Waals surface area contributed by atoms with E-state index in [4.69, 9.17) is 0 Å². The molecule has 4 rings (SSSR count). The predicted octanol–water partition coefficient (Wildman–Crippen LogP) is 2.44. The largest absolute Gasteiger partial charge is 0.275 e. The fourth-order valence-electron chi connectivity index (χ4n) is 3.32. The van der Waals surface area contributed by atoms with E-state index in [-0.39, 0.29) is 11.1 Å². The lowest BCUT2D eigenvalue weighted by Crippen LogP contribution is -2.29. The maximum atomic E-state index is 12.6. The normalized spacial score (nSPS) is 12.7. The van der Waals surface area contributed by atoms with E-state index in [0.717, 1.165) is 28.3 Å². The molecule has 3 aromatic rings. The first-order chi connectivity index (χ1) is 9.72. The molecule has 0 spiro atoms. The molecule has 0 saturated carbocycles. The van der Waals surface area contributed by atoms with Crippen molar-refractivity contribution < 1.29 is 0 Å². The van der Waals surface area contributed by atoms with E-state index in [1.807, 2.05) is 43.3 Å². The molecule has 0 radical (unpaired) electrons. The van der Waals surface area contributed by atoms with Crippen LogP contribution in [0.2, 0.25) is 0 Å². The molecule has 0 fully saturated rings. The van der Waals surface area contributed by atoms with E-state index in [1.165, 1.54) is 4.57 Å². The Bertz CT molecular complexity index is 921. The smallest absolute Gasteiger partial charge is 0.261 e. The van der Waals surface area contributed by atoms with Crippen LogP contribution in [-0.4, -0.2) is 4.57 Å². The summed E-state index contributed by atoms with van der Waals surface area (Å²) in [5.74, 6) is 0. The molecule has 1 aliphatic rings. The Kier molecular flexibility index (Phi) is 2.16. The zero-order valence-corrected chi connectivity index (χ0v) is 11.1. The molecule has 0 amide bonds. The number of nitrogens with zero attached hydrogens (tertiary/aromatic N) is 1. The Morgan fingerprint density at radius 2 is 1.40 bits per heavy atom. The second-order valence-corrected chi connectivity index (χ2v) is 5.21. The highest BCUT2D eigenvalue weighted by atomic mass is 16.2. The van der Waals surface area contributed by atoms with Crippen LogP contribution in [0.15, 0.2) is 46.0 Å². The Labute approximate surface area is 115 Å². The number of hydrogen-bond donors (Lipinski definition) is 0. The summed E-state index contributed by atoms with van der Waals surface area (Å²) in [6.45, 7) is 2.23. The second-order valence-electron chi connectivity index (χ2n) is 5.21. The van der Waals surface area contributed by atoms with Gasteiger partial charge in [0.25, 0.3) is 11.1 Å². The molecule has 2 aromatic carbocycles. The molecule has 0 N–H and O–H groups in total. The quantitative estimate of drug-likeness (QED) is 0.529. The lowest BCUT2D eigenvalue weighted by atomic mass is 10.1. The molecule has 20 heavy (non-hydrogen) atoms. The van der Waals surface area contributed by atoms with E-state index >= 15 is 0 Å². The summed E-state index contributed by atoms with van der Waals surface area (Å²) in [4.78, 5) is 25.3. The number of aromatic nitrogens is 1. The van der Waals surface area contributed by atoms with Gasteiger partial charge in [-0.2, -0.15) is 0 Å². The summed E-state index contributed by atoms with van der Waals surface area (Å²) in [7, 11) is 0. The van der Waals surface area contributed by atoms with Gasteiger partial charge < -0.3 is 0 Å². The van der Waals surface area contributed by atoms with Crippen molar-refractivity contribution in [2.75, 3.05) is 0 Å². The Morgan fingerprint density at radius 3 is 1.85 bits per heavy atom. The van der Waals surface area contributed by atoms with E-state index in [0.29, 0.717) is 17.3 Å². The van der Waals surface area contributed by atoms with E-state index in [1.54, 1.807) is 0 Å². The fourth-order valence-corrected chi connectivity index (χ4v) is 3.32. The highest BCUT2D eigenvalue weighted by Crippen LogP contribution is 2.34. The van der Waals surface area contributed by atoms with Gasteiger partial charge in [-0.3, -0.25) is 14.2 Å². The summed E-state index contributed by atoms with van der Waals surface area (Å²) in [5.41, 5.74) is 1.92. The first kappa shape index (κ1) is 11.4. The van der Waals surface area contributed by atoms with Crippen LogP contribution in [0.5, 0.6) is 0 Å². The summed E-state index contributed by atoms with van der Waals surface area (Å²) >= 11 is 0. The Morgan fingerprint density at radius 1 is 0.900 bits per heavy atom. The Balaban J connectivity index is 2.51. The summed E-state index contributed by atoms with van der Waals surface area (Å²) < 4.78 is 1.34. The van der Waals surface area contributed by atoms with Gasteiger partial charge in [-0.05, 0) is 47.4 Å². The van der Waals surface area contributed by atoms with Crippen LogP contribution < -0.4 is 11.1 Å². The average Bonchev–Trinajstić information content (AvgIpc) is 2.81. The summed E-state index contributed by atoms with van der Waals surface area (Å²) in [6.07, 6.45) is 0.805. The first-order valence-electron chi connectivity index (χ1n) is 6.82. The molecular weight excluding hydrogens is 250 g/mol. The SMILES string of the molecule is CCn1c(=O)c2cccc3c2c2c(cccc2c1=O)C3. The van der Waals surface area contributed by atoms with E-state index in [2.05, 4.69) is 0 Å². The van der Waals surface area contributed by atoms with Gasteiger partial charge in [0.05, 0.1) is 0 Å². The topological polar surface area (TPSA) is 39.1 Å². The van der Waals surface area contributed by atoms with Crippen LogP contribution in [0.25, 0.3) is 21.5 Å². The zero-order chi connectivity index (χ0) is 13.9. The maximum Gasteiger partial charge on any atom is 0.261 e. The molecule has 0 bridgehead atoms.